The lowest BCUT2D eigenvalue weighted by Crippen LogP contribution is -2.15. The van der Waals surface area contributed by atoms with Gasteiger partial charge in [-0.25, -0.2) is 15.0 Å². The van der Waals surface area contributed by atoms with Gasteiger partial charge in [-0.05, 0) is 18.2 Å². The number of nitrogens with one attached hydrogen (secondary N) is 2. The Morgan fingerprint density at radius 1 is 1.17 bits per heavy atom. The zero-order valence-corrected chi connectivity index (χ0v) is 13.2. The van der Waals surface area contributed by atoms with Crippen molar-refractivity contribution in [2.24, 2.45) is 0 Å². The molecule has 0 radical (unpaired) electrons. The van der Waals surface area contributed by atoms with Crippen LogP contribution in [0.5, 0.6) is 0 Å². The molecule has 0 aliphatic carbocycles. The lowest BCUT2D eigenvalue weighted by Gasteiger charge is -2.04. The van der Waals surface area contributed by atoms with Crippen molar-refractivity contribution < 1.29 is 4.79 Å². The molecule has 2 N–H and O–H groups in total. The summed E-state index contributed by atoms with van der Waals surface area (Å²) >= 11 is 1.42. The van der Waals surface area contributed by atoms with E-state index in [-0.39, 0.29) is 12.3 Å². The highest BCUT2D eigenvalue weighted by Gasteiger charge is 2.11. The third-order valence-corrected chi connectivity index (χ3v) is 4.27. The van der Waals surface area contributed by atoms with E-state index < -0.39 is 0 Å². The molecule has 1 aromatic carbocycles. The summed E-state index contributed by atoms with van der Waals surface area (Å²) in [5.41, 5.74) is 1.53. The predicted molar refractivity (Wildman–Crippen MR) is 91.6 cm³/mol. The number of nitrogens with zero attached hydrogens (tertiary/aromatic N) is 4. The number of aromatic amines is 1. The normalized spacial score (nSPS) is 10.8. The Morgan fingerprint density at radius 2 is 2.08 bits per heavy atom. The average molecular weight is 336 g/mol. The number of hydrogen-bond donors (Lipinski definition) is 2. The molecule has 0 aliphatic heterocycles. The van der Waals surface area contributed by atoms with Gasteiger partial charge in [-0.15, -0.1) is 11.3 Å². The monoisotopic (exact) mass is 336 g/mol. The standard InChI is InChI=1S/C16H12N6OS/c23-14(7-11-8-24-16(19-11)15-17-9-18-22-15)21-13-6-5-10-3-1-2-4-12(10)20-13/h1-6,8-9H,7H2,(H,17,18,22)(H,20,21,23). The Bertz CT molecular complexity index is 995. The highest BCUT2D eigenvalue weighted by molar-refractivity contribution is 7.13. The summed E-state index contributed by atoms with van der Waals surface area (Å²) in [5.74, 6) is 0.972. The highest BCUT2D eigenvalue weighted by Crippen LogP contribution is 2.20. The van der Waals surface area contributed by atoms with Crippen molar-refractivity contribution in [3.63, 3.8) is 0 Å². The maximum atomic E-state index is 12.2. The Hall–Kier alpha value is -3.13. The van der Waals surface area contributed by atoms with Gasteiger partial charge in [0.1, 0.15) is 12.1 Å². The van der Waals surface area contributed by atoms with E-state index in [1.807, 2.05) is 35.7 Å². The fourth-order valence-electron chi connectivity index (χ4n) is 2.29. The zero-order valence-electron chi connectivity index (χ0n) is 12.4. The number of benzene rings is 1. The minimum absolute atomic E-state index is 0.160. The van der Waals surface area contributed by atoms with Gasteiger partial charge in [0, 0.05) is 10.8 Å². The van der Waals surface area contributed by atoms with Gasteiger partial charge < -0.3 is 5.32 Å². The van der Waals surface area contributed by atoms with Crippen molar-refractivity contribution in [2.45, 2.75) is 6.42 Å². The topological polar surface area (TPSA) is 96.5 Å². The van der Waals surface area contributed by atoms with Crippen LogP contribution in [0.2, 0.25) is 0 Å². The van der Waals surface area contributed by atoms with Crippen LogP contribution in [-0.4, -0.2) is 31.1 Å². The first-order chi connectivity index (χ1) is 11.8. The number of fused-ring (bicyclic) bond motifs is 1. The molecular formula is C16H12N6OS. The van der Waals surface area contributed by atoms with Crippen LogP contribution in [0.25, 0.3) is 21.7 Å². The summed E-state index contributed by atoms with van der Waals surface area (Å²) in [6, 6.07) is 11.5. The number of carbonyl (C=O) groups excluding carboxylic acids is 1. The van der Waals surface area contributed by atoms with Gasteiger partial charge in [0.15, 0.2) is 10.8 Å². The van der Waals surface area contributed by atoms with Crippen molar-refractivity contribution >= 4 is 34.0 Å². The van der Waals surface area contributed by atoms with Crippen LogP contribution in [0, 0.1) is 0 Å². The molecule has 0 atom stereocenters. The second kappa shape index (κ2) is 6.17. The van der Waals surface area contributed by atoms with Gasteiger partial charge in [0.2, 0.25) is 5.91 Å². The smallest absolute Gasteiger partial charge is 0.231 e. The molecule has 0 bridgehead atoms. The van der Waals surface area contributed by atoms with Crippen LogP contribution in [0.3, 0.4) is 0 Å². The maximum absolute atomic E-state index is 12.2. The quantitative estimate of drug-likeness (QED) is 0.597. The van der Waals surface area contributed by atoms with E-state index in [4.69, 9.17) is 0 Å². The number of H-pyrrole nitrogens is 1. The van der Waals surface area contributed by atoms with Crippen molar-refractivity contribution in [1.29, 1.82) is 0 Å². The first-order valence-electron chi connectivity index (χ1n) is 7.24. The Balaban J connectivity index is 1.46. The molecule has 0 unspecified atom stereocenters. The molecule has 3 aromatic heterocycles. The van der Waals surface area contributed by atoms with Gasteiger partial charge in [-0.2, -0.15) is 5.10 Å². The van der Waals surface area contributed by atoms with E-state index in [1.165, 1.54) is 17.7 Å². The van der Waals surface area contributed by atoms with E-state index in [1.54, 1.807) is 6.07 Å². The summed E-state index contributed by atoms with van der Waals surface area (Å²) in [7, 11) is 0. The van der Waals surface area contributed by atoms with Crippen molar-refractivity contribution in [3.05, 3.63) is 53.8 Å². The summed E-state index contributed by atoms with van der Waals surface area (Å²) in [5, 5.41) is 12.9. The molecule has 4 aromatic rings. The Labute approximate surface area is 140 Å². The van der Waals surface area contributed by atoms with Gasteiger partial charge >= 0.3 is 0 Å². The third kappa shape index (κ3) is 2.99. The third-order valence-electron chi connectivity index (χ3n) is 3.38. The number of hydrogen-bond acceptors (Lipinski definition) is 6. The van der Waals surface area contributed by atoms with Gasteiger partial charge in [0.05, 0.1) is 17.6 Å². The highest BCUT2D eigenvalue weighted by atomic mass is 32.1. The molecule has 24 heavy (non-hydrogen) atoms. The van der Waals surface area contributed by atoms with Crippen LogP contribution in [-0.2, 0) is 11.2 Å². The van der Waals surface area contributed by atoms with Gasteiger partial charge in [-0.3, -0.25) is 9.89 Å². The summed E-state index contributed by atoms with van der Waals surface area (Å²) in [6.07, 6.45) is 1.60. The van der Waals surface area contributed by atoms with E-state index in [0.717, 1.165) is 10.9 Å². The van der Waals surface area contributed by atoms with E-state index >= 15 is 0 Å². The largest absolute Gasteiger partial charge is 0.310 e. The number of para-hydroxylation sites is 1. The number of pyridine rings is 1. The van der Waals surface area contributed by atoms with Crippen LogP contribution >= 0.6 is 11.3 Å². The van der Waals surface area contributed by atoms with Gasteiger partial charge in [0.25, 0.3) is 0 Å². The molecule has 0 aliphatic rings. The second-order valence-corrected chi connectivity index (χ2v) is 5.95. The van der Waals surface area contributed by atoms with Crippen LogP contribution < -0.4 is 5.32 Å². The number of aromatic nitrogens is 5. The van der Waals surface area contributed by atoms with Crippen molar-refractivity contribution in [3.8, 4) is 10.8 Å². The molecule has 118 valence electrons. The molecule has 0 fully saturated rings. The molecular weight excluding hydrogens is 324 g/mol. The second-order valence-electron chi connectivity index (χ2n) is 5.09. The van der Waals surface area contributed by atoms with E-state index in [2.05, 4.69) is 30.5 Å². The fourth-order valence-corrected chi connectivity index (χ4v) is 3.06. The number of rotatable bonds is 4. The molecule has 3 heterocycles. The zero-order chi connectivity index (χ0) is 16.4. The van der Waals surface area contributed by atoms with Crippen LogP contribution in [0.15, 0.2) is 48.1 Å². The first kappa shape index (κ1) is 14.5. The predicted octanol–water partition coefficient (Wildman–Crippen LogP) is 2.66. The summed E-state index contributed by atoms with van der Waals surface area (Å²) in [4.78, 5) is 25.1. The molecule has 0 saturated heterocycles. The first-order valence-corrected chi connectivity index (χ1v) is 8.12. The summed E-state index contributed by atoms with van der Waals surface area (Å²) in [6.45, 7) is 0. The number of thiazole rings is 1. The lowest BCUT2D eigenvalue weighted by molar-refractivity contribution is -0.115. The number of amides is 1. The molecule has 0 saturated carbocycles. The molecule has 1 amide bonds. The molecule has 8 heteroatoms. The Morgan fingerprint density at radius 3 is 2.96 bits per heavy atom. The molecule has 0 spiro atoms. The van der Waals surface area contributed by atoms with Crippen LogP contribution in [0.4, 0.5) is 5.82 Å². The minimum Gasteiger partial charge on any atom is -0.310 e. The van der Waals surface area contributed by atoms with E-state index in [0.29, 0.717) is 22.3 Å². The average Bonchev–Trinajstić information content (AvgIpc) is 3.26. The SMILES string of the molecule is O=C(Cc1csc(-c2ncn[nH]2)n1)Nc1ccc2ccccc2n1. The van der Waals surface area contributed by atoms with Crippen molar-refractivity contribution in [1.82, 2.24) is 25.1 Å². The Kier molecular flexibility index (Phi) is 3.72. The van der Waals surface area contributed by atoms with Gasteiger partial charge in [-0.1, -0.05) is 18.2 Å². The van der Waals surface area contributed by atoms with Crippen LogP contribution in [0.1, 0.15) is 5.69 Å². The summed E-state index contributed by atoms with van der Waals surface area (Å²) < 4.78 is 0. The number of anilines is 1. The fraction of sp³-hybridized carbons (Fsp3) is 0.0625. The molecule has 7 nitrogen and oxygen atoms in total. The van der Waals surface area contributed by atoms with E-state index in [9.17, 15) is 4.79 Å². The maximum Gasteiger partial charge on any atom is 0.231 e. The van der Waals surface area contributed by atoms with Crippen molar-refractivity contribution in [2.75, 3.05) is 5.32 Å². The number of carbonyl (C=O) groups is 1. The minimum atomic E-state index is -0.160. The lowest BCUT2D eigenvalue weighted by atomic mass is 10.2. The molecule has 4 rings (SSSR count).